The molecule has 2 N–H and O–H groups in total. The number of hydrogen-bond acceptors (Lipinski definition) is 4. The number of halogens is 1. The summed E-state index contributed by atoms with van der Waals surface area (Å²) in [5, 5.41) is 8.61. The number of amides is 2. The van der Waals surface area contributed by atoms with E-state index in [1.165, 1.54) is 16.9 Å². The summed E-state index contributed by atoms with van der Waals surface area (Å²) < 4.78 is 0. The molecule has 3 aromatic rings. The molecule has 0 fully saturated rings. The predicted octanol–water partition coefficient (Wildman–Crippen LogP) is 4.61. The van der Waals surface area contributed by atoms with Gasteiger partial charge in [-0.3, -0.25) is 14.9 Å². The summed E-state index contributed by atoms with van der Waals surface area (Å²) in [5.41, 5.74) is 3.55. The van der Waals surface area contributed by atoms with Gasteiger partial charge in [0.15, 0.2) is 5.13 Å². The van der Waals surface area contributed by atoms with E-state index < -0.39 is 0 Å². The van der Waals surface area contributed by atoms with Gasteiger partial charge in [-0.15, -0.1) is 11.3 Å². The van der Waals surface area contributed by atoms with Gasteiger partial charge in [0, 0.05) is 28.9 Å². The summed E-state index contributed by atoms with van der Waals surface area (Å²) in [7, 11) is 0. The van der Waals surface area contributed by atoms with Gasteiger partial charge in [-0.1, -0.05) is 41.4 Å². The second-order valence-electron chi connectivity index (χ2n) is 6.37. The van der Waals surface area contributed by atoms with Gasteiger partial charge >= 0.3 is 0 Å². The molecular weight excluding hydrogens is 394 g/mol. The minimum Gasteiger partial charge on any atom is -0.352 e. The van der Waals surface area contributed by atoms with Crippen molar-refractivity contribution in [2.45, 2.75) is 26.3 Å². The van der Waals surface area contributed by atoms with Crippen LogP contribution in [0.4, 0.5) is 5.13 Å². The van der Waals surface area contributed by atoms with Crippen LogP contribution in [0.1, 0.15) is 33.6 Å². The van der Waals surface area contributed by atoms with Gasteiger partial charge in [0.25, 0.3) is 5.91 Å². The lowest BCUT2D eigenvalue weighted by Crippen LogP contribution is -2.23. The van der Waals surface area contributed by atoms with E-state index in [2.05, 4.69) is 15.6 Å². The number of aryl methyl sites for hydroxylation is 2. The number of nitrogens with zero attached hydrogens (tertiary/aromatic N) is 1. The maximum Gasteiger partial charge on any atom is 0.257 e. The molecule has 0 aliphatic rings. The van der Waals surface area contributed by atoms with Crippen molar-refractivity contribution in [2.24, 2.45) is 0 Å². The number of anilines is 1. The Labute approximate surface area is 172 Å². The first kappa shape index (κ1) is 20.0. The average Bonchev–Trinajstić information content (AvgIpc) is 3.13. The van der Waals surface area contributed by atoms with Crippen LogP contribution in [0.15, 0.2) is 53.9 Å². The molecule has 0 bridgehead atoms. The van der Waals surface area contributed by atoms with Crippen LogP contribution in [0.3, 0.4) is 0 Å². The SMILES string of the molecule is Cc1ccc(CNC(=O)CCc2csc(NC(=O)c3ccc(Cl)cc3)n2)cc1. The van der Waals surface area contributed by atoms with Crippen molar-refractivity contribution in [3.05, 3.63) is 81.3 Å². The molecule has 1 aromatic heterocycles. The van der Waals surface area contributed by atoms with Crippen LogP contribution in [-0.2, 0) is 17.8 Å². The van der Waals surface area contributed by atoms with Crippen molar-refractivity contribution in [1.82, 2.24) is 10.3 Å². The van der Waals surface area contributed by atoms with Crippen LogP contribution in [-0.4, -0.2) is 16.8 Å². The van der Waals surface area contributed by atoms with Crippen LogP contribution in [0.2, 0.25) is 5.02 Å². The van der Waals surface area contributed by atoms with Crippen LogP contribution in [0.25, 0.3) is 0 Å². The predicted molar refractivity (Wildman–Crippen MR) is 113 cm³/mol. The van der Waals surface area contributed by atoms with E-state index in [0.717, 1.165) is 11.3 Å². The molecule has 0 unspecified atom stereocenters. The molecule has 3 rings (SSSR count). The highest BCUT2D eigenvalue weighted by Gasteiger charge is 2.10. The molecule has 0 aliphatic heterocycles. The van der Waals surface area contributed by atoms with Gasteiger partial charge in [0.2, 0.25) is 5.91 Å². The quantitative estimate of drug-likeness (QED) is 0.594. The summed E-state index contributed by atoms with van der Waals surface area (Å²) in [6, 6.07) is 14.7. The third kappa shape index (κ3) is 5.90. The second kappa shape index (κ2) is 9.48. The summed E-state index contributed by atoms with van der Waals surface area (Å²) >= 11 is 7.17. The van der Waals surface area contributed by atoms with Gasteiger partial charge in [0.1, 0.15) is 0 Å². The van der Waals surface area contributed by atoms with Crippen molar-refractivity contribution in [2.75, 3.05) is 5.32 Å². The first-order valence-corrected chi connectivity index (χ1v) is 10.1. The zero-order chi connectivity index (χ0) is 19.9. The number of rotatable bonds is 7. The largest absolute Gasteiger partial charge is 0.352 e. The standard InChI is InChI=1S/C21H20ClN3O2S/c1-14-2-4-15(5-3-14)12-23-19(26)11-10-18-13-28-21(24-18)25-20(27)16-6-8-17(22)9-7-16/h2-9,13H,10-12H2,1H3,(H,23,26)(H,24,25,27). The van der Waals surface area contributed by atoms with E-state index in [4.69, 9.17) is 11.6 Å². The summed E-state index contributed by atoms with van der Waals surface area (Å²) in [4.78, 5) is 28.6. The highest BCUT2D eigenvalue weighted by atomic mass is 35.5. The van der Waals surface area contributed by atoms with Crippen LogP contribution < -0.4 is 10.6 Å². The lowest BCUT2D eigenvalue weighted by atomic mass is 10.1. The molecular formula is C21H20ClN3O2S. The topological polar surface area (TPSA) is 71.1 Å². The van der Waals surface area contributed by atoms with Crippen LogP contribution in [0, 0.1) is 6.92 Å². The lowest BCUT2D eigenvalue weighted by molar-refractivity contribution is -0.121. The van der Waals surface area contributed by atoms with Gasteiger partial charge in [-0.05, 0) is 43.2 Å². The highest BCUT2D eigenvalue weighted by molar-refractivity contribution is 7.14. The van der Waals surface area contributed by atoms with Crippen LogP contribution in [0.5, 0.6) is 0 Å². The smallest absolute Gasteiger partial charge is 0.257 e. The molecule has 2 amide bonds. The molecule has 0 atom stereocenters. The van der Waals surface area contributed by atoms with Gasteiger partial charge in [-0.2, -0.15) is 0 Å². The molecule has 28 heavy (non-hydrogen) atoms. The van der Waals surface area contributed by atoms with Crippen molar-refractivity contribution < 1.29 is 9.59 Å². The Morgan fingerprint density at radius 2 is 1.79 bits per heavy atom. The molecule has 7 heteroatoms. The normalized spacial score (nSPS) is 10.5. The fourth-order valence-corrected chi connectivity index (χ4v) is 3.35. The molecule has 0 radical (unpaired) electrons. The molecule has 2 aromatic carbocycles. The van der Waals surface area contributed by atoms with Gasteiger partial charge < -0.3 is 5.32 Å². The van der Waals surface area contributed by atoms with Gasteiger partial charge in [0.05, 0.1) is 5.69 Å². The van der Waals surface area contributed by atoms with E-state index in [1.54, 1.807) is 24.3 Å². The number of carbonyl (C=O) groups excluding carboxylic acids is 2. The fraction of sp³-hybridized carbons (Fsp3) is 0.190. The summed E-state index contributed by atoms with van der Waals surface area (Å²) in [6.07, 6.45) is 0.868. The molecule has 0 aliphatic carbocycles. The molecule has 5 nitrogen and oxygen atoms in total. The molecule has 0 saturated heterocycles. The molecule has 1 heterocycles. The third-order valence-electron chi connectivity index (χ3n) is 4.10. The number of carbonyl (C=O) groups is 2. The molecule has 0 spiro atoms. The van der Waals surface area contributed by atoms with Crippen molar-refractivity contribution in [1.29, 1.82) is 0 Å². The van der Waals surface area contributed by atoms with Crippen molar-refractivity contribution in [3.63, 3.8) is 0 Å². The lowest BCUT2D eigenvalue weighted by Gasteiger charge is -2.05. The van der Waals surface area contributed by atoms with Crippen molar-refractivity contribution in [3.8, 4) is 0 Å². The Bertz CT molecular complexity index is 953. The Hall–Kier alpha value is -2.70. The first-order valence-electron chi connectivity index (χ1n) is 8.83. The minimum absolute atomic E-state index is 0.0275. The number of aromatic nitrogens is 1. The molecule has 0 saturated carbocycles. The van der Waals surface area contributed by atoms with E-state index in [9.17, 15) is 9.59 Å². The average molecular weight is 414 g/mol. The van der Waals surface area contributed by atoms with Crippen molar-refractivity contribution >= 4 is 39.9 Å². The van der Waals surface area contributed by atoms with E-state index in [1.807, 2.05) is 36.6 Å². The Balaban J connectivity index is 1.45. The maximum atomic E-state index is 12.2. The Morgan fingerprint density at radius 3 is 2.50 bits per heavy atom. The Kier molecular flexibility index (Phi) is 6.79. The molecule has 144 valence electrons. The van der Waals surface area contributed by atoms with E-state index in [0.29, 0.717) is 35.1 Å². The monoisotopic (exact) mass is 413 g/mol. The number of thiazole rings is 1. The summed E-state index contributed by atoms with van der Waals surface area (Å²) in [6.45, 7) is 2.54. The van der Waals surface area contributed by atoms with E-state index in [-0.39, 0.29) is 11.8 Å². The third-order valence-corrected chi connectivity index (χ3v) is 5.16. The second-order valence-corrected chi connectivity index (χ2v) is 7.66. The maximum absolute atomic E-state index is 12.2. The van der Waals surface area contributed by atoms with E-state index >= 15 is 0 Å². The highest BCUT2D eigenvalue weighted by Crippen LogP contribution is 2.18. The zero-order valence-corrected chi connectivity index (χ0v) is 16.9. The minimum atomic E-state index is -0.242. The fourth-order valence-electron chi connectivity index (χ4n) is 2.49. The first-order chi connectivity index (χ1) is 13.5. The zero-order valence-electron chi connectivity index (χ0n) is 15.4. The summed E-state index contributed by atoms with van der Waals surface area (Å²) in [5.74, 6) is -0.270. The number of benzene rings is 2. The van der Waals surface area contributed by atoms with Gasteiger partial charge in [-0.25, -0.2) is 4.98 Å². The number of nitrogens with one attached hydrogen (secondary N) is 2. The Morgan fingerprint density at radius 1 is 1.07 bits per heavy atom. The van der Waals surface area contributed by atoms with Crippen LogP contribution >= 0.6 is 22.9 Å². The number of hydrogen-bond donors (Lipinski definition) is 2.